The van der Waals surface area contributed by atoms with Crippen LogP contribution in [-0.4, -0.2) is 18.9 Å². The Morgan fingerprint density at radius 2 is 2.09 bits per heavy atom. The fourth-order valence-electron chi connectivity index (χ4n) is 2.59. The van der Waals surface area contributed by atoms with Crippen molar-refractivity contribution in [2.75, 3.05) is 17.3 Å². The van der Waals surface area contributed by atoms with Gasteiger partial charge in [-0.2, -0.15) is 0 Å². The minimum atomic E-state index is -0.111. The lowest BCUT2D eigenvalue weighted by Gasteiger charge is -2.10. The van der Waals surface area contributed by atoms with Crippen molar-refractivity contribution in [1.82, 2.24) is 0 Å². The number of likely N-dealkylation sites (N-methyl/N-ethyl adjacent to an activating group) is 1. The molecule has 112 valence electrons. The van der Waals surface area contributed by atoms with Crippen LogP contribution in [0.3, 0.4) is 0 Å². The molecule has 22 heavy (non-hydrogen) atoms. The molecule has 5 heteroatoms. The van der Waals surface area contributed by atoms with E-state index >= 15 is 0 Å². The molecule has 2 amide bonds. The monoisotopic (exact) mass is 314 g/mol. The third-order valence-corrected chi connectivity index (χ3v) is 3.93. The molecule has 3 rings (SSSR count). The van der Waals surface area contributed by atoms with Gasteiger partial charge in [0.05, 0.1) is 12.8 Å². The molecule has 2 aromatic rings. The summed E-state index contributed by atoms with van der Waals surface area (Å²) >= 11 is 5.89. The zero-order chi connectivity index (χ0) is 15.7. The van der Waals surface area contributed by atoms with Gasteiger partial charge in [-0.15, -0.1) is 0 Å². The van der Waals surface area contributed by atoms with Crippen molar-refractivity contribution in [3.8, 4) is 0 Å². The first-order valence-electron chi connectivity index (χ1n) is 6.97. The van der Waals surface area contributed by atoms with E-state index in [9.17, 15) is 9.59 Å². The van der Waals surface area contributed by atoms with Crippen LogP contribution in [0.4, 0.5) is 11.4 Å². The lowest BCUT2D eigenvalue weighted by atomic mass is 10.1. The van der Waals surface area contributed by atoms with Crippen molar-refractivity contribution >= 4 is 34.8 Å². The molecular formula is C17H15ClN2O2. The van der Waals surface area contributed by atoms with Crippen LogP contribution in [0.5, 0.6) is 0 Å². The molecule has 1 aliphatic heterocycles. The zero-order valence-electron chi connectivity index (χ0n) is 12.1. The van der Waals surface area contributed by atoms with Crippen molar-refractivity contribution in [3.63, 3.8) is 0 Å². The fourth-order valence-corrected chi connectivity index (χ4v) is 2.78. The molecule has 0 atom stereocenters. The predicted molar refractivity (Wildman–Crippen MR) is 87.3 cm³/mol. The van der Waals surface area contributed by atoms with Crippen molar-refractivity contribution in [1.29, 1.82) is 0 Å². The van der Waals surface area contributed by atoms with Gasteiger partial charge in [0.1, 0.15) is 0 Å². The van der Waals surface area contributed by atoms with Gasteiger partial charge < -0.3 is 10.2 Å². The van der Waals surface area contributed by atoms with E-state index < -0.39 is 0 Å². The molecule has 1 aliphatic rings. The number of fused-ring (bicyclic) bond motifs is 1. The number of halogens is 1. The van der Waals surface area contributed by atoms with E-state index in [1.165, 1.54) is 0 Å². The van der Waals surface area contributed by atoms with E-state index in [0.29, 0.717) is 17.1 Å². The number of benzene rings is 2. The predicted octanol–water partition coefficient (Wildman–Crippen LogP) is 3.04. The molecular weight excluding hydrogens is 300 g/mol. The highest BCUT2D eigenvalue weighted by atomic mass is 35.5. The molecule has 1 N–H and O–H groups in total. The van der Waals surface area contributed by atoms with Gasteiger partial charge in [-0.25, -0.2) is 0 Å². The van der Waals surface area contributed by atoms with E-state index in [1.54, 1.807) is 36.2 Å². The second-order valence-corrected chi connectivity index (χ2v) is 5.76. The highest BCUT2D eigenvalue weighted by Crippen LogP contribution is 2.28. The van der Waals surface area contributed by atoms with Crippen LogP contribution in [0.25, 0.3) is 0 Å². The third kappa shape index (κ3) is 2.97. The molecule has 4 nitrogen and oxygen atoms in total. The van der Waals surface area contributed by atoms with Gasteiger partial charge in [-0.3, -0.25) is 9.59 Å². The van der Waals surface area contributed by atoms with E-state index in [4.69, 9.17) is 11.6 Å². The largest absolute Gasteiger partial charge is 0.326 e. The number of rotatable bonds is 3. The standard InChI is InChI=1S/C17H15ClN2O2/c1-20-15-6-5-11(7-12(15)9-17(20)22)8-16(21)19-14-4-2-3-13(18)10-14/h2-7,10H,8-9H2,1H3,(H,19,21). The fraction of sp³-hybridized carbons (Fsp3) is 0.176. The Morgan fingerprint density at radius 1 is 1.27 bits per heavy atom. The summed E-state index contributed by atoms with van der Waals surface area (Å²) in [4.78, 5) is 25.4. The summed E-state index contributed by atoms with van der Waals surface area (Å²) in [5, 5.41) is 3.40. The Morgan fingerprint density at radius 3 is 2.86 bits per heavy atom. The van der Waals surface area contributed by atoms with Gasteiger partial charge in [0, 0.05) is 23.4 Å². The van der Waals surface area contributed by atoms with Crippen LogP contribution in [0.1, 0.15) is 11.1 Å². The van der Waals surface area contributed by atoms with Gasteiger partial charge in [-0.05, 0) is 35.4 Å². The molecule has 0 saturated carbocycles. The molecule has 0 aromatic heterocycles. The second kappa shape index (κ2) is 5.81. The van der Waals surface area contributed by atoms with Crippen molar-refractivity contribution in [2.45, 2.75) is 12.8 Å². The summed E-state index contributed by atoms with van der Waals surface area (Å²) in [6.07, 6.45) is 0.660. The van der Waals surface area contributed by atoms with Crippen molar-refractivity contribution in [3.05, 3.63) is 58.6 Å². The van der Waals surface area contributed by atoms with Crippen LogP contribution in [0.2, 0.25) is 5.02 Å². The van der Waals surface area contributed by atoms with Crippen LogP contribution < -0.4 is 10.2 Å². The molecule has 2 aromatic carbocycles. The summed E-state index contributed by atoms with van der Waals surface area (Å²) in [5.41, 5.74) is 3.46. The maximum atomic E-state index is 12.1. The second-order valence-electron chi connectivity index (χ2n) is 5.33. The van der Waals surface area contributed by atoms with Gasteiger partial charge in [0.2, 0.25) is 11.8 Å². The number of amides is 2. The highest BCUT2D eigenvalue weighted by molar-refractivity contribution is 6.30. The number of hydrogen-bond donors (Lipinski definition) is 1. The van der Waals surface area contributed by atoms with E-state index in [1.807, 2.05) is 18.2 Å². The quantitative estimate of drug-likeness (QED) is 0.946. The maximum Gasteiger partial charge on any atom is 0.231 e. The van der Waals surface area contributed by atoms with Gasteiger partial charge >= 0.3 is 0 Å². The van der Waals surface area contributed by atoms with E-state index in [0.717, 1.165) is 16.8 Å². The Kier molecular flexibility index (Phi) is 3.86. The average Bonchev–Trinajstić information content (AvgIpc) is 2.73. The summed E-state index contributed by atoms with van der Waals surface area (Å²) in [6, 6.07) is 12.7. The van der Waals surface area contributed by atoms with E-state index in [2.05, 4.69) is 5.32 Å². The summed E-state index contributed by atoms with van der Waals surface area (Å²) in [7, 11) is 1.76. The third-order valence-electron chi connectivity index (χ3n) is 3.69. The molecule has 0 spiro atoms. The first-order chi connectivity index (χ1) is 10.5. The van der Waals surface area contributed by atoms with Gasteiger partial charge in [0.15, 0.2) is 0 Å². The first-order valence-corrected chi connectivity index (χ1v) is 7.34. The number of hydrogen-bond acceptors (Lipinski definition) is 2. The molecule has 0 unspecified atom stereocenters. The molecule has 0 radical (unpaired) electrons. The molecule has 1 heterocycles. The van der Waals surface area contributed by atoms with Crippen molar-refractivity contribution in [2.24, 2.45) is 0 Å². The summed E-state index contributed by atoms with van der Waals surface area (Å²) < 4.78 is 0. The zero-order valence-corrected chi connectivity index (χ0v) is 12.9. The molecule has 0 bridgehead atoms. The van der Waals surface area contributed by atoms with Crippen molar-refractivity contribution < 1.29 is 9.59 Å². The summed E-state index contributed by atoms with van der Waals surface area (Å²) in [5.74, 6) is -0.0320. The first kappa shape index (κ1) is 14.6. The number of nitrogens with zero attached hydrogens (tertiary/aromatic N) is 1. The smallest absolute Gasteiger partial charge is 0.231 e. The Bertz CT molecular complexity index is 758. The number of carbonyl (C=O) groups excluding carboxylic acids is 2. The lowest BCUT2D eigenvalue weighted by molar-refractivity contribution is -0.117. The number of anilines is 2. The van der Waals surface area contributed by atoms with Crippen LogP contribution in [0, 0.1) is 0 Å². The number of carbonyl (C=O) groups is 2. The Labute approximate surface area is 133 Å². The van der Waals surface area contributed by atoms with Crippen LogP contribution in [-0.2, 0) is 22.4 Å². The molecule has 0 aliphatic carbocycles. The normalized spacial score (nSPS) is 13.2. The molecule has 0 saturated heterocycles. The van der Waals surface area contributed by atoms with Crippen LogP contribution in [0.15, 0.2) is 42.5 Å². The Hall–Kier alpha value is -2.33. The topological polar surface area (TPSA) is 49.4 Å². The number of nitrogens with one attached hydrogen (secondary N) is 1. The van der Waals surface area contributed by atoms with Gasteiger partial charge in [0.25, 0.3) is 0 Å². The van der Waals surface area contributed by atoms with Gasteiger partial charge in [-0.1, -0.05) is 29.8 Å². The average molecular weight is 315 g/mol. The minimum absolute atomic E-state index is 0.0792. The Balaban J connectivity index is 1.70. The molecule has 0 fully saturated rings. The minimum Gasteiger partial charge on any atom is -0.326 e. The summed E-state index contributed by atoms with van der Waals surface area (Å²) in [6.45, 7) is 0. The SMILES string of the molecule is CN1C(=O)Cc2cc(CC(=O)Nc3cccc(Cl)c3)ccc21. The van der Waals surface area contributed by atoms with E-state index in [-0.39, 0.29) is 18.2 Å². The lowest BCUT2D eigenvalue weighted by Crippen LogP contribution is -2.20. The maximum absolute atomic E-state index is 12.1. The van der Waals surface area contributed by atoms with Crippen LogP contribution >= 0.6 is 11.6 Å². The highest BCUT2D eigenvalue weighted by Gasteiger charge is 2.24.